The monoisotopic (exact) mass is 516 g/mol. The van der Waals surface area contributed by atoms with Crippen molar-refractivity contribution in [3.8, 4) is 0 Å². The summed E-state index contributed by atoms with van der Waals surface area (Å²) in [4.78, 5) is 8.03. The standard InChI is InChI=1S/C17H28N10O9/c18-3-8-12(30)13(31)10(24-27-21)16(34-8)36-15-9(4-28)35-17(14(15)32)33-7-2-5(22-25-19)1-6(11(7)29)23-26-20/h5-17,28-32H,1-4,18H2/t5?,6?,7-,8-,9+,10?,11-,12+,13+,14+,15+,16+,17+/m0/s1. The van der Waals surface area contributed by atoms with Gasteiger partial charge < -0.3 is 50.2 Å². The van der Waals surface area contributed by atoms with E-state index in [0.29, 0.717) is 0 Å². The van der Waals surface area contributed by atoms with Crippen LogP contribution in [0, 0.1) is 0 Å². The van der Waals surface area contributed by atoms with E-state index in [0.717, 1.165) is 0 Å². The van der Waals surface area contributed by atoms with Gasteiger partial charge in [-0.3, -0.25) is 0 Å². The van der Waals surface area contributed by atoms with Gasteiger partial charge in [-0.2, -0.15) is 0 Å². The second-order valence-electron chi connectivity index (χ2n) is 8.54. The van der Waals surface area contributed by atoms with Gasteiger partial charge in [0.1, 0.15) is 36.6 Å². The van der Waals surface area contributed by atoms with Crippen LogP contribution in [0.3, 0.4) is 0 Å². The summed E-state index contributed by atoms with van der Waals surface area (Å²) in [6.45, 7) is -0.861. The molecule has 0 radical (unpaired) electrons. The van der Waals surface area contributed by atoms with Crippen LogP contribution >= 0.6 is 0 Å². The summed E-state index contributed by atoms with van der Waals surface area (Å²) in [5.74, 6) is 0. The van der Waals surface area contributed by atoms with E-state index in [-0.39, 0.29) is 19.4 Å². The van der Waals surface area contributed by atoms with Crippen molar-refractivity contribution in [3.05, 3.63) is 31.3 Å². The second-order valence-corrected chi connectivity index (χ2v) is 8.54. The lowest BCUT2D eigenvalue weighted by molar-refractivity contribution is -0.280. The summed E-state index contributed by atoms with van der Waals surface area (Å²) < 4.78 is 22.5. The summed E-state index contributed by atoms with van der Waals surface area (Å²) in [5.41, 5.74) is 31.9. The van der Waals surface area contributed by atoms with Crippen molar-refractivity contribution >= 4 is 0 Å². The van der Waals surface area contributed by atoms with E-state index in [1.54, 1.807) is 0 Å². The molecule has 0 spiro atoms. The van der Waals surface area contributed by atoms with Crippen LogP contribution in [-0.2, 0) is 18.9 Å². The number of ether oxygens (including phenoxy) is 4. The van der Waals surface area contributed by atoms with E-state index in [1.807, 2.05) is 0 Å². The fourth-order valence-electron chi connectivity index (χ4n) is 4.52. The van der Waals surface area contributed by atoms with E-state index < -0.39 is 86.1 Å². The van der Waals surface area contributed by atoms with Crippen LogP contribution in [0.5, 0.6) is 0 Å². The van der Waals surface area contributed by atoms with E-state index in [1.165, 1.54) is 0 Å². The van der Waals surface area contributed by atoms with Crippen molar-refractivity contribution in [2.45, 2.75) is 92.4 Å². The molecule has 13 atom stereocenters. The Kier molecular flexibility index (Phi) is 9.89. The molecule has 19 heteroatoms. The number of nitrogens with two attached hydrogens (primary N) is 1. The molecule has 7 N–H and O–H groups in total. The van der Waals surface area contributed by atoms with Gasteiger partial charge in [-0.15, -0.1) is 0 Å². The summed E-state index contributed by atoms with van der Waals surface area (Å²) in [6, 6.07) is -3.06. The Hall–Kier alpha value is -2.47. The smallest absolute Gasteiger partial charge is 0.187 e. The molecule has 0 amide bonds. The quantitative estimate of drug-likeness (QED) is 0.116. The summed E-state index contributed by atoms with van der Waals surface area (Å²) in [7, 11) is 0. The Morgan fingerprint density at radius 2 is 1.47 bits per heavy atom. The number of hydrogen-bond donors (Lipinski definition) is 6. The van der Waals surface area contributed by atoms with Crippen molar-refractivity contribution in [2.75, 3.05) is 13.2 Å². The normalized spacial score (nSPS) is 44.7. The van der Waals surface area contributed by atoms with Gasteiger partial charge in [0.2, 0.25) is 0 Å². The molecule has 1 aliphatic carbocycles. The number of aliphatic hydroxyl groups is 5. The molecule has 19 nitrogen and oxygen atoms in total. The summed E-state index contributed by atoms with van der Waals surface area (Å²) >= 11 is 0. The third-order valence-electron chi connectivity index (χ3n) is 6.36. The average Bonchev–Trinajstić information content (AvgIpc) is 3.15. The number of hydrogen-bond acceptors (Lipinski definition) is 13. The minimum absolute atomic E-state index is 0.0253. The minimum Gasteiger partial charge on any atom is -0.394 e. The highest BCUT2D eigenvalue weighted by molar-refractivity contribution is 4.98. The molecule has 3 rings (SSSR count). The van der Waals surface area contributed by atoms with Gasteiger partial charge in [-0.05, 0) is 29.4 Å². The van der Waals surface area contributed by atoms with Crippen LogP contribution in [0.1, 0.15) is 12.8 Å². The van der Waals surface area contributed by atoms with Gasteiger partial charge in [0.15, 0.2) is 12.6 Å². The van der Waals surface area contributed by atoms with E-state index >= 15 is 0 Å². The molecule has 200 valence electrons. The fourth-order valence-corrected chi connectivity index (χ4v) is 4.52. The number of nitrogens with zero attached hydrogens (tertiary/aromatic N) is 9. The number of azide groups is 3. The minimum atomic E-state index is -1.60. The van der Waals surface area contributed by atoms with Crippen LogP contribution < -0.4 is 5.73 Å². The first-order valence-electron chi connectivity index (χ1n) is 11.1. The zero-order chi connectivity index (χ0) is 26.4. The average molecular weight is 516 g/mol. The molecule has 0 aromatic rings. The SMILES string of the molecule is [N-]=[N+]=NC1CC(N=[N+]=[N-])[C@H](O)[C@@H](O[C@@H]2O[C@H](CO)[C@@H](O[C@H]3O[C@@H](CN)[C@@H](O)[C@H](O)C3N=[N+]=[N-])[C@H]2O)C1. The van der Waals surface area contributed by atoms with Crippen LogP contribution in [0.15, 0.2) is 15.3 Å². The molecule has 3 fully saturated rings. The first kappa shape index (κ1) is 28.1. The molecule has 2 aliphatic heterocycles. The van der Waals surface area contributed by atoms with Crippen molar-refractivity contribution in [1.29, 1.82) is 0 Å². The van der Waals surface area contributed by atoms with Gasteiger partial charge in [0, 0.05) is 27.3 Å². The zero-order valence-corrected chi connectivity index (χ0v) is 18.8. The fraction of sp³-hybridized carbons (Fsp3) is 1.00. The van der Waals surface area contributed by atoms with Crippen LogP contribution in [0.4, 0.5) is 0 Å². The third-order valence-corrected chi connectivity index (χ3v) is 6.36. The van der Waals surface area contributed by atoms with Crippen molar-refractivity contribution in [1.82, 2.24) is 0 Å². The third kappa shape index (κ3) is 5.91. The predicted octanol–water partition coefficient (Wildman–Crippen LogP) is -1.57. The maximum absolute atomic E-state index is 10.9. The molecule has 0 aromatic heterocycles. The van der Waals surface area contributed by atoms with Gasteiger partial charge >= 0.3 is 0 Å². The molecule has 0 aromatic carbocycles. The predicted molar refractivity (Wildman–Crippen MR) is 115 cm³/mol. The van der Waals surface area contributed by atoms with Crippen LogP contribution in [0.25, 0.3) is 31.3 Å². The molecule has 2 heterocycles. The largest absolute Gasteiger partial charge is 0.394 e. The van der Waals surface area contributed by atoms with E-state index in [9.17, 15) is 25.5 Å². The first-order valence-corrected chi connectivity index (χ1v) is 11.1. The Bertz CT molecular complexity index is 898. The lowest BCUT2D eigenvalue weighted by Crippen LogP contribution is -2.60. The highest BCUT2D eigenvalue weighted by Crippen LogP contribution is 2.34. The summed E-state index contributed by atoms with van der Waals surface area (Å²) in [5, 5.41) is 62.2. The van der Waals surface area contributed by atoms with E-state index in [4.69, 9.17) is 41.3 Å². The van der Waals surface area contributed by atoms with Crippen LogP contribution in [-0.4, -0.2) is 118 Å². The lowest BCUT2D eigenvalue weighted by Gasteiger charge is -2.41. The maximum Gasteiger partial charge on any atom is 0.187 e. The zero-order valence-electron chi connectivity index (χ0n) is 18.8. The second kappa shape index (κ2) is 12.7. The molecule has 0 bridgehead atoms. The first-order chi connectivity index (χ1) is 17.3. The Morgan fingerprint density at radius 1 is 0.806 bits per heavy atom. The Morgan fingerprint density at radius 3 is 2.08 bits per heavy atom. The molecular formula is C17H28N10O9. The molecule has 36 heavy (non-hydrogen) atoms. The van der Waals surface area contributed by atoms with E-state index in [2.05, 4.69) is 30.1 Å². The molecule has 1 saturated carbocycles. The number of aliphatic hydroxyl groups excluding tert-OH is 5. The van der Waals surface area contributed by atoms with Gasteiger partial charge in [-0.25, -0.2) is 0 Å². The lowest BCUT2D eigenvalue weighted by atomic mass is 9.87. The topological polar surface area (TPSA) is 310 Å². The Balaban J connectivity index is 1.76. The molecule has 3 aliphatic rings. The maximum atomic E-state index is 10.9. The van der Waals surface area contributed by atoms with Crippen molar-refractivity contribution in [2.24, 2.45) is 21.1 Å². The molecule has 2 saturated heterocycles. The van der Waals surface area contributed by atoms with Crippen molar-refractivity contribution in [3.63, 3.8) is 0 Å². The van der Waals surface area contributed by atoms with Gasteiger partial charge in [-0.1, -0.05) is 15.3 Å². The molecular weight excluding hydrogens is 488 g/mol. The highest BCUT2D eigenvalue weighted by atomic mass is 16.7. The molecule has 3 unspecified atom stereocenters. The van der Waals surface area contributed by atoms with Gasteiger partial charge in [0.05, 0.1) is 31.0 Å². The number of rotatable bonds is 9. The Labute approximate surface area is 203 Å². The highest BCUT2D eigenvalue weighted by Gasteiger charge is 2.52. The van der Waals surface area contributed by atoms with Crippen LogP contribution in [0.2, 0.25) is 0 Å². The van der Waals surface area contributed by atoms with Crippen molar-refractivity contribution < 1.29 is 44.5 Å². The summed E-state index contributed by atoms with van der Waals surface area (Å²) in [6.07, 6.45) is -13.5. The van der Waals surface area contributed by atoms with Gasteiger partial charge in [0.25, 0.3) is 0 Å².